The molecule has 0 amide bonds. The first kappa shape index (κ1) is 13.8. The summed E-state index contributed by atoms with van der Waals surface area (Å²) in [5.74, 6) is 1.98. The van der Waals surface area contributed by atoms with Crippen molar-refractivity contribution in [1.29, 1.82) is 0 Å². The van der Waals surface area contributed by atoms with Crippen LogP contribution in [0.3, 0.4) is 0 Å². The minimum atomic E-state index is -1.09. The molecule has 0 N–H and O–H groups in total. The number of aryl methyl sites for hydroxylation is 1. The highest BCUT2D eigenvalue weighted by atomic mass is 32.2. The summed E-state index contributed by atoms with van der Waals surface area (Å²) in [6.07, 6.45) is 1.54. The van der Waals surface area contributed by atoms with Gasteiger partial charge in [-0.1, -0.05) is 35.0 Å². The molecule has 0 fully saturated rings. The Hall–Kier alpha value is -2.21. The number of aromatic nitrogens is 2. The Kier molecular flexibility index (Phi) is 3.96. The van der Waals surface area contributed by atoms with Gasteiger partial charge in [0.2, 0.25) is 11.7 Å². The highest BCUT2D eigenvalue weighted by molar-refractivity contribution is 7.83. The molecule has 0 bridgehead atoms. The summed E-state index contributed by atoms with van der Waals surface area (Å²) in [5.41, 5.74) is 2.20. The Balaban J connectivity index is 1.65. The lowest BCUT2D eigenvalue weighted by atomic mass is 10.2. The predicted octanol–water partition coefficient (Wildman–Crippen LogP) is 3.09. The van der Waals surface area contributed by atoms with Crippen molar-refractivity contribution in [2.24, 2.45) is 0 Å². The predicted molar refractivity (Wildman–Crippen MR) is 78.7 cm³/mol. The molecule has 3 rings (SSSR count). The van der Waals surface area contributed by atoms with Crippen molar-refractivity contribution >= 4 is 10.8 Å². The fourth-order valence-corrected chi connectivity index (χ4v) is 3.04. The highest BCUT2D eigenvalue weighted by Gasteiger charge is 2.13. The zero-order valence-corrected chi connectivity index (χ0v) is 12.3. The van der Waals surface area contributed by atoms with Crippen molar-refractivity contribution in [2.75, 3.05) is 0 Å². The van der Waals surface area contributed by atoms with Crippen LogP contribution in [0.5, 0.6) is 0 Å². The number of hydrogen-bond acceptors (Lipinski definition) is 5. The van der Waals surface area contributed by atoms with Crippen LogP contribution in [0.2, 0.25) is 0 Å². The summed E-state index contributed by atoms with van der Waals surface area (Å²) in [7, 11) is -1.09. The third kappa shape index (κ3) is 3.46. The van der Waals surface area contributed by atoms with Crippen LogP contribution >= 0.6 is 0 Å². The number of benzene rings is 1. The van der Waals surface area contributed by atoms with E-state index in [1.807, 2.05) is 31.2 Å². The number of nitrogens with zero attached hydrogens (tertiary/aromatic N) is 2. The number of hydrogen-bond donors (Lipinski definition) is 0. The molecule has 0 saturated carbocycles. The molecule has 0 aliphatic heterocycles. The quantitative estimate of drug-likeness (QED) is 0.724. The van der Waals surface area contributed by atoms with Crippen LogP contribution in [0.15, 0.2) is 51.6 Å². The largest absolute Gasteiger partial charge is 0.461 e. The summed E-state index contributed by atoms with van der Waals surface area (Å²) >= 11 is 0. The van der Waals surface area contributed by atoms with Gasteiger partial charge < -0.3 is 8.94 Å². The minimum absolute atomic E-state index is 0.238. The maximum absolute atomic E-state index is 12.1. The van der Waals surface area contributed by atoms with Crippen LogP contribution in [0.25, 0.3) is 11.6 Å². The van der Waals surface area contributed by atoms with E-state index < -0.39 is 10.8 Å². The molecule has 1 aromatic carbocycles. The van der Waals surface area contributed by atoms with E-state index >= 15 is 0 Å². The van der Waals surface area contributed by atoms with Gasteiger partial charge in [-0.05, 0) is 24.6 Å². The van der Waals surface area contributed by atoms with Crippen LogP contribution in [-0.4, -0.2) is 14.3 Å². The maximum Gasteiger partial charge on any atom is 0.239 e. The fraction of sp³-hybridized carbons (Fsp3) is 0.200. The van der Waals surface area contributed by atoms with Crippen LogP contribution in [-0.2, 0) is 22.3 Å². The van der Waals surface area contributed by atoms with E-state index in [4.69, 9.17) is 8.94 Å². The summed E-state index contributed by atoms with van der Waals surface area (Å²) in [4.78, 5) is 4.19. The van der Waals surface area contributed by atoms with Gasteiger partial charge in [0.05, 0.1) is 6.26 Å². The second-order valence-electron chi connectivity index (χ2n) is 4.71. The van der Waals surface area contributed by atoms with Crippen molar-refractivity contribution in [3.63, 3.8) is 0 Å². The van der Waals surface area contributed by atoms with E-state index in [0.29, 0.717) is 23.2 Å². The van der Waals surface area contributed by atoms with E-state index in [9.17, 15) is 4.21 Å². The van der Waals surface area contributed by atoms with Gasteiger partial charge in [-0.2, -0.15) is 4.98 Å². The Morgan fingerprint density at radius 2 is 2.10 bits per heavy atom. The minimum Gasteiger partial charge on any atom is -0.461 e. The number of rotatable bonds is 5. The standard InChI is InChI=1S/C15H14N2O3S/c1-11-4-2-5-12(8-11)9-21(18)10-14-16-15(17-20-14)13-6-3-7-19-13/h2-8H,9-10H2,1H3. The molecular weight excluding hydrogens is 288 g/mol. The summed E-state index contributed by atoms with van der Waals surface area (Å²) in [6, 6.07) is 11.5. The molecule has 21 heavy (non-hydrogen) atoms. The van der Waals surface area contributed by atoms with E-state index in [1.165, 1.54) is 0 Å². The molecule has 1 atom stereocenters. The normalized spacial score (nSPS) is 12.4. The molecule has 2 aromatic heterocycles. The lowest BCUT2D eigenvalue weighted by Gasteiger charge is -2.01. The molecule has 5 nitrogen and oxygen atoms in total. The third-order valence-corrected chi connectivity index (χ3v) is 4.13. The first-order valence-electron chi connectivity index (χ1n) is 6.48. The van der Waals surface area contributed by atoms with Crippen LogP contribution in [0, 0.1) is 6.92 Å². The van der Waals surface area contributed by atoms with E-state index in [1.54, 1.807) is 18.4 Å². The smallest absolute Gasteiger partial charge is 0.239 e. The second kappa shape index (κ2) is 6.05. The van der Waals surface area contributed by atoms with Crippen LogP contribution < -0.4 is 0 Å². The van der Waals surface area contributed by atoms with Gasteiger partial charge >= 0.3 is 0 Å². The van der Waals surface area contributed by atoms with Crippen molar-refractivity contribution < 1.29 is 13.1 Å². The highest BCUT2D eigenvalue weighted by Crippen LogP contribution is 2.17. The summed E-state index contributed by atoms with van der Waals surface area (Å²) < 4.78 is 22.4. The van der Waals surface area contributed by atoms with Crippen molar-refractivity contribution in [3.8, 4) is 11.6 Å². The summed E-state index contributed by atoms with van der Waals surface area (Å²) in [5, 5.41) is 3.82. The lowest BCUT2D eigenvalue weighted by Crippen LogP contribution is -2.00. The summed E-state index contributed by atoms with van der Waals surface area (Å²) in [6.45, 7) is 2.01. The molecule has 108 valence electrons. The van der Waals surface area contributed by atoms with E-state index in [0.717, 1.165) is 11.1 Å². The molecule has 0 radical (unpaired) electrons. The first-order valence-corrected chi connectivity index (χ1v) is 7.96. The van der Waals surface area contributed by atoms with Gasteiger partial charge in [0, 0.05) is 16.6 Å². The van der Waals surface area contributed by atoms with E-state index in [-0.39, 0.29) is 5.75 Å². The maximum atomic E-state index is 12.1. The first-order chi connectivity index (χ1) is 10.2. The SMILES string of the molecule is Cc1cccc(CS(=O)Cc2nc(-c3ccco3)no2)c1. The van der Waals surface area contributed by atoms with E-state index in [2.05, 4.69) is 10.1 Å². The van der Waals surface area contributed by atoms with Gasteiger partial charge in [0.15, 0.2) is 5.76 Å². The molecule has 0 spiro atoms. The molecule has 0 aliphatic carbocycles. The number of furan rings is 1. The molecule has 6 heteroatoms. The molecule has 1 unspecified atom stereocenters. The zero-order valence-electron chi connectivity index (χ0n) is 11.5. The van der Waals surface area contributed by atoms with Gasteiger partial charge in [0.1, 0.15) is 5.75 Å². The van der Waals surface area contributed by atoms with Crippen LogP contribution in [0.4, 0.5) is 0 Å². The van der Waals surface area contributed by atoms with Gasteiger partial charge in [-0.15, -0.1) is 0 Å². The van der Waals surface area contributed by atoms with Gasteiger partial charge in [0.25, 0.3) is 0 Å². The molecule has 2 heterocycles. The average molecular weight is 302 g/mol. The molecular formula is C15H14N2O3S. The van der Waals surface area contributed by atoms with Gasteiger partial charge in [-0.25, -0.2) is 0 Å². The van der Waals surface area contributed by atoms with Crippen molar-refractivity contribution in [2.45, 2.75) is 18.4 Å². The third-order valence-electron chi connectivity index (χ3n) is 2.90. The second-order valence-corrected chi connectivity index (χ2v) is 6.16. The lowest BCUT2D eigenvalue weighted by molar-refractivity contribution is 0.389. The molecule has 0 saturated heterocycles. The molecule has 0 aliphatic rings. The Morgan fingerprint density at radius 3 is 2.86 bits per heavy atom. The van der Waals surface area contributed by atoms with Crippen LogP contribution in [0.1, 0.15) is 17.0 Å². The zero-order chi connectivity index (χ0) is 14.7. The topological polar surface area (TPSA) is 69.1 Å². The molecule has 3 aromatic rings. The van der Waals surface area contributed by atoms with Gasteiger partial charge in [-0.3, -0.25) is 4.21 Å². The Bertz CT molecular complexity index is 750. The van der Waals surface area contributed by atoms with Crippen molar-refractivity contribution in [1.82, 2.24) is 10.1 Å². The Labute approximate surface area is 124 Å². The monoisotopic (exact) mass is 302 g/mol. The van der Waals surface area contributed by atoms with Crippen molar-refractivity contribution in [3.05, 3.63) is 59.7 Å². The Morgan fingerprint density at radius 1 is 1.19 bits per heavy atom. The fourth-order valence-electron chi connectivity index (χ4n) is 2.00. The average Bonchev–Trinajstić information content (AvgIpc) is 3.08.